The first-order valence-corrected chi connectivity index (χ1v) is 11.3. The van der Waals surface area contributed by atoms with Crippen molar-refractivity contribution in [2.75, 3.05) is 10.6 Å². The number of rotatable bonds is 7. The molecule has 2 amide bonds. The van der Waals surface area contributed by atoms with Gasteiger partial charge in [-0.25, -0.2) is 9.78 Å². The molecule has 0 aliphatic carbocycles. The molecule has 4 aromatic rings. The summed E-state index contributed by atoms with van der Waals surface area (Å²) < 4.78 is 10.4. The van der Waals surface area contributed by atoms with E-state index in [0.29, 0.717) is 10.8 Å². The zero-order chi connectivity index (χ0) is 24.1. The minimum atomic E-state index is -1.06. The summed E-state index contributed by atoms with van der Waals surface area (Å²) in [5.41, 5.74) is 3.06. The molecule has 8 nitrogen and oxygen atoms in total. The van der Waals surface area contributed by atoms with Gasteiger partial charge in [0, 0.05) is 16.6 Å². The highest BCUT2D eigenvalue weighted by molar-refractivity contribution is 7.14. The number of thiazole rings is 1. The Kier molecular flexibility index (Phi) is 6.84. The van der Waals surface area contributed by atoms with Crippen LogP contribution in [0.5, 0.6) is 0 Å². The predicted octanol–water partition coefficient (Wildman–Crippen LogP) is 5.15. The fourth-order valence-electron chi connectivity index (χ4n) is 3.04. The van der Waals surface area contributed by atoms with Crippen molar-refractivity contribution in [2.45, 2.75) is 20.0 Å². The van der Waals surface area contributed by atoms with Crippen molar-refractivity contribution in [2.24, 2.45) is 0 Å². The number of hydrogen-bond acceptors (Lipinski definition) is 7. The first-order valence-electron chi connectivity index (χ1n) is 10.4. The van der Waals surface area contributed by atoms with Crippen LogP contribution >= 0.6 is 11.3 Å². The minimum Gasteiger partial charge on any atom is -0.459 e. The lowest BCUT2D eigenvalue weighted by Crippen LogP contribution is -2.30. The quantitative estimate of drug-likeness (QED) is 0.358. The minimum absolute atomic E-state index is 0.148. The molecule has 1 atom stereocenters. The summed E-state index contributed by atoms with van der Waals surface area (Å²) in [6, 6.07) is 17.5. The van der Waals surface area contributed by atoms with Gasteiger partial charge in [-0.3, -0.25) is 14.9 Å². The molecule has 0 bridgehead atoms. The van der Waals surface area contributed by atoms with Crippen LogP contribution in [0.25, 0.3) is 11.3 Å². The topological polar surface area (TPSA) is 111 Å². The van der Waals surface area contributed by atoms with Gasteiger partial charge < -0.3 is 14.5 Å². The van der Waals surface area contributed by atoms with Crippen LogP contribution in [0, 0.1) is 6.92 Å². The molecule has 0 saturated carbocycles. The molecule has 2 heterocycles. The number of nitrogens with zero attached hydrogens (tertiary/aromatic N) is 1. The molecule has 34 heavy (non-hydrogen) atoms. The number of aryl methyl sites for hydroxylation is 1. The lowest BCUT2D eigenvalue weighted by atomic mass is 10.1. The van der Waals surface area contributed by atoms with Crippen LogP contribution in [0.4, 0.5) is 10.8 Å². The van der Waals surface area contributed by atoms with Crippen molar-refractivity contribution in [3.63, 3.8) is 0 Å². The van der Waals surface area contributed by atoms with Gasteiger partial charge in [0.05, 0.1) is 17.5 Å². The fraction of sp³-hybridized carbons (Fsp3) is 0.120. The van der Waals surface area contributed by atoms with E-state index in [1.54, 1.807) is 25.1 Å². The van der Waals surface area contributed by atoms with Gasteiger partial charge in [-0.2, -0.15) is 0 Å². The van der Waals surface area contributed by atoms with Crippen molar-refractivity contribution < 1.29 is 23.5 Å². The van der Waals surface area contributed by atoms with Crippen molar-refractivity contribution in [1.82, 2.24) is 4.98 Å². The fourth-order valence-corrected chi connectivity index (χ4v) is 3.76. The molecule has 0 radical (unpaired) electrons. The van der Waals surface area contributed by atoms with Crippen molar-refractivity contribution in [3.05, 3.63) is 89.2 Å². The Bertz CT molecular complexity index is 1320. The van der Waals surface area contributed by atoms with Gasteiger partial charge in [0.15, 0.2) is 17.0 Å². The zero-order valence-corrected chi connectivity index (χ0v) is 19.2. The Labute approximate surface area is 199 Å². The Morgan fingerprint density at radius 1 is 1.03 bits per heavy atom. The van der Waals surface area contributed by atoms with Crippen LogP contribution in [0.3, 0.4) is 0 Å². The number of ether oxygens (including phenoxy) is 1. The maximum absolute atomic E-state index is 12.6. The number of esters is 1. The molecule has 0 spiro atoms. The Hall–Kier alpha value is -4.24. The summed E-state index contributed by atoms with van der Waals surface area (Å²) in [5.74, 6) is -1.49. The van der Waals surface area contributed by atoms with Gasteiger partial charge >= 0.3 is 5.97 Å². The van der Waals surface area contributed by atoms with E-state index >= 15 is 0 Å². The summed E-state index contributed by atoms with van der Waals surface area (Å²) >= 11 is 1.28. The van der Waals surface area contributed by atoms with Crippen molar-refractivity contribution in [1.29, 1.82) is 0 Å². The first-order chi connectivity index (χ1) is 16.4. The van der Waals surface area contributed by atoms with Gasteiger partial charge in [-0.15, -0.1) is 11.3 Å². The lowest BCUT2D eigenvalue weighted by molar-refractivity contribution is -0.123. The smallest absolute Gasteiger partial charge is 0.338 e. The van der Waals surface area contributed by atoms with E-state index in [2.05, 4.69) is 15.6 Å². The third kappa shape index (κ3) is 5.38. The summed E-state index contributed by atoms with van der Waals surface area (Å²) in [6.07, 6.45) is 0.343. The standard InChI is InChI=1S/C25H21N3O5S/c1-15-10-11-18(13-19(15)26-23(30)21-9-6-12-32-21)24(31)33-16(2)22(29)28-25-27-20(14-34-25)17-7-4-3-5-8-17/h3-14,16H,1-2H3,(H,26,30)(H,27,28,29). The number of aromatic nitrogens is 1. The van der Waals surface area contributed by atoms with Crippen LogP contribution in [0.2, 0.25) is 0 Å². The van der Waals surface area contributed by atoms with E-state index in [9.17, 15) is 14.4 Å². The molecule has 0 fully saturated rings. The summed E-state index contributed by atoms with van der Waals surface area (Å²) in [6.45, 7) is 3.27. The maximum Gasteiger partial charge on any atom is 0.338 e. The molecule has 2 aromatic carbocycles. The molecule has 172 valence electrons. The number of amides is 2. The van der Waals surface area contributed by atoms with Crippen LogP contribution in [0.1, 0.15) is 33.4 Å². The molecular weight excluding hydrogens is 454 g/mol. The highest BCUT2D eigenvalue weighted by Gasteiger charge is 2.21. The summed E-state index contributed by atoms with van der Waals surface area (Å²) in [5, 5.41) is 7.63. The molecule has 2 N–H and O–H groups in total. The zero-order valence-electron chi connectivity index (χ0n) is 18.4. The second-order valence-electron chi connectivity index (χ2n) is 7.40. The number of furan rings is 1. The van der Waals surface area contributed by atoms with Crippen molar-refractivity contribution in [3.8, 4) is 11.3 Å². The van der Waals surface area contributed by atoms with Crippen LogP contribution in [0.15, 0.2) is 76.7 Å². The maximum atomic E-state index is 12.6. The molecular formula is C25H21N3O5S. The Balaban J connectivity index is 1.38. The highest BCUT2D eigenvalue weighted by atomic mass is 32.1. The second kappa shape index (κ2) is 10.1. The summed E-state index contributed by atoms with van der Waals surface area (Å²) in [7, 11) is 0. The largest absolute Gasteiger partial charge is 0.459 e. The van der Waals surface area contributed by atoms with Crippen LogP contribution in [-0.4, -0.2) is 28.9 Å². The van der Waals surface area contributed by atoms with Gasteiger partial charge in [0.25, 0.3) is 11.8 Å². The van der Waals surface area contributed by atoms with E-state index < -0.39 is 23.9 Å². The van der Waals surface area contributed by atoms with Gasteiger partial charge in [-0.1, -0.05) is 36.4 Å². The molecule has 0 aliphatic heterocycles. The Morgan fingerprint density at radius 2 is 1.82 bits per heavy atom. The van der Waals surface area contributed by atoms with E-state index in [-0.39, 0.29) is 11.3 Å². The third-order valence-electron chi connectivity index (χ3n) is 4.92. The Morgan fingerprint density at radius 3 is 2.56 bits per heavy atom. The van der Waals surface area contributed by atoms with Gasteiger partial charge in [0.2, 0.25) is 0 Å². The molecule has 2 aromatic heterocycles. The first kappa shape index (κ1) is 22.9. The molecule has 1 unspecified atom stereocenters. The lowest BCUT2D eigenvalue weighted by Gasteiger charge is -2.14. The molecule has 9 heteroatoms. The van der Waals surface area contributed by atoms with Crippen molar-refractivity contribution >= 4 is 39.9 Å². The summed E-state index contributed by atoms with van der Waals surface area (Å²) in [4.78, 5) is 41.8. The highest BCUT2D eigenvalue weighted by Crippen LogP contribution is 2.25. The molecule has 4 rings (SSSR count). The average Bonchev–Trinajstić information content (AvgIpc) is 3.53. The van der Waals surface area contributed by atoms with Gasteiger partial charge in [0.1, 0.15) is 0 Å². The second-order valence-corrected chi connectivity index (χ2v) is 8.26. The number of anilines is 2. The molecule has 0 aliphatic rings. The van der Waals surface area contributed by atoms with E-state index in [0.717, 1.165) is 16.8 Å². The predicted molar refractivity (Wildman–Crippen MR) is 129 cm³/mol. The number of nitrogens with one attached hydrogen (secondary N) is 2. The normalized spacial score (nSPS) is 11.5. The van der Waals surface area contributed by atoms with E-state index in [4.69, 9.17) is 9.15 Å². The van der Waals surface area contributed by atoms with Crippen LogP contribution < -0.4 is 10.6 Å². The number of carbonyl (C=O) groups is 3. The van der Waals surface area contributed by atoms with E-state index in [1.165, 1.54) is 36.7 Å². The average molecular weight is 476 g/mol. The van der Waals surface area contributed by atoms with Crippen LogP contribution in [-0.2, 0) is 9.53 Å². The monoisotopic (exact) mass is 475 g/mol. The number of benzene rings is 2. The third-order valence-corrected chi connectivity index (χ3v) is 5.68. The molecule has 0 saturated heterocycles. The van der Waals surface area contributed by atoms with E-state index in [1.807, 2.05) is 35.7 Å². The number of hydrogen-bond donors (Lipinski definition) is 2. The number of carbonyl (C=O) groups excluding carboxylic acids is 3. The van der Waals surface area contributed by atoms with Gasteiger partial charge in [-0.05, 0) is 43.7 Å². The SMILES string of the molecule is Cc1ccc(C(=O)OC(C)C(=O)Nc2nc(-c3ccccc3)cs2)cc1NC(=O)c1ccco1.